The fourth-order valence-electron chi connectivity index (χ4n) is 0.973. The van der Waals surface area contributed by atoms with E-state index < -0.39 is 6.04 Å². The van der Waals surface area contributed by atoms with E-state index >= 15 is 0 Å². The van der Waals surface area contributed by atoms with Crippen molar-refractivity contribution in [1.82, 2.24) is 10.6 Å². The van der Waals surface area contributed by atoms with Gasteiger partial charge in [-0.05, 0) is 13.3 Å². The van der Waals surface area contributed by atoms with E-state index in [-0.39, 0.29) is 24.5 Å². The molecule has 0 aliphatic heterocycles. The number of carbonyl (C=O) groups excluding carboxylic acids is 2. The lowest BCUT2D eigenvalue weighted by atomic mass is 10.2. The van der Waals surface area contributed by atoms with E-state index in [0.717, 1.165) is 0 Å². The van der Waals surface area contributed by atoms with Crippen molar-refractivity contribution in [2.75, 3.05) is 6.61 Å². The first kappa shape index (κ1) is 12.9. The van der Waals surface area contributed by atoms with E-state index in [1.807, 2.05) is 6.92 Å². The third kappa shape index (κ3) is 4.81. The van der Waals surface area contributed by atoms with Gasteiger partial charge in [0.05, 0.1) is 12.6 Å². The third-order valence-electron chi connectivity index (χ3n) is 1.87. The summed E-state index contributed by atoms with van der Waals surface area (Å²) in [6.07, 6.45) is 0.662. The van der Waals surface area contributed by atoms with Crippen molar-refractivity contribution in [3.05, 3.63) is 0 Å². The molecule has 0 saturated carbocycles. The van der Waals surface area contributed by atoms with Crippen molar-refractivity contribution in [2.45, 2.75) is 39.3 Å². The monoisotopic (exact) mass is 202 g/mol. The predicted octanol–water partition coefficient (Wildman–Crippen LogP) is -0.602. The van der Waals surface area contributed by atoms with Crippen LogP contribution >= 0.6 is 0 Å². The van der Waals surface area contributed by atoms with E-state index in [1.54, 1.807) is 6.92 Å². The Hall–Kier alpha value is -1.10. The molecule has 0 saturated heterocycles. The molecule has 1 unspecified atom stereocenters. The quantitative estimate of drug-likeness (QED) is 0.557. The van der Waals surface area contributed by atoms with Crippen LogP contribution < -0.4 is 10.6 Å². The average Bonchev–Trinajstić information content (AvgIpc) is 2.12. The minimum atomic E-state index is -0.562. The van der Waals surface area contributed by atoms with E-state index in [9.17, 15) is 9.59 Å². The molecule has 82 valence electrons. The topological polar surface area (TPSA) is 78.4 Å². The van der Waals surface area contributed by atoms with Crippen LogP contribution in [0, 0.1) is 0 Å². The largest absolute Gasteiger partial charge is 0.394 e. The van der Waals surface area contributed by atoms with Gasteiger partial charge in [0, 0.05) is 6.92 Å². The fourth-order valence-corrected chi connectivity index (χ4v) is 0.973. The van der Waals surface area contributed by atoms with Gasteiger partial charge in [-0.15, -0.1) is 0 Å². The molecule has 0 aromatic carbocycles. The molecule has 3 N–H and O–H groups in total. The Labute approximate surface area is 83.9 Å². The summed E-state index contributed by atoms with van der Waals surface area (Å²) in [6, 6.07) is -0.799. The van der Waals surface area contributed by atoms with Crippen LogP contribution in [0.4, 0.5) is 0 Å². The van der Waals surface area contributed by atoms with Crippen LogP contribution in [0.3, 0.4) is 0 Å². The number of aliphatic hydroxyl groups excluding tert-OH is 1. The lowest BCUT2D eigenvalue weighted by molar-refractivity contribution is -0.128. The Bertz CT molecular complexity index is 202. The molecule has 0 aromatic rings. The Kier molecular flexibility index (Phi) is 5.87. The summed E-state index contributed by atoms with van der Waals surface area (Å²) in [5.41, 5.74) is 0. The first-order valence-electron chi connectivity index (χ1n) is 4.69. The van der Waals surface area contributed by atoms with E-state index in [2.05, 4.69) is 10.6 Å². The zero-order valence-electron chi connectivity index (χ0n) is 8.83. The number of nitrogens with one attached hydrogen (secondary N) is 2. The number of amides is 2. The highest BCUT2D eigenvalue weighted by atomic mass is 16.3. The molecule has 0 radical (unpaired) electrons. The first-order valence-corrected chi connectivity index (χ1v) is 4.69. The first-order chi connectivity index (χ1) is 6.51. The normalized spacial score (nSPS) is 14.3. The van der Waals surface area contributed by atoms with Crippen molar-refractivity contribution in [2.24, 2.45) is 0 Å². The van der Waals surface area contributed by atoms with Crippen LogP contribution in [-0.2, 0) is 9.59 Å². The zero-order chi connectivity index (χ0) is 11.1. The fraction of sp³-hybridized carbons (Fsp3) is 0.778. The molecule has 0 aliphatic carbocycles. The highest BCUT2D eigenvalue weighted by Gasteiger charge is 2.16. The second-order valence-electron chi connectivity index (χ2n) is 3.22. The van der Waals surface area contributed by atoms with Gasteiger partial charge < -0.3 is 15.7 Å². The van der Waals surface area contributed by atoms with E-state index in [0.29, 0.717) is 6.42 Å². The molecule has 2 amide bonds. The third-order valence-corrected chi connectivity index (χ3v) is 1.87. The Morgan fingerprint density at radius 2 is 1.93 bits per heavy atom. The molecule has 0 fully saturated rings. The highest BCUT2D eigenvalue weighted by molar-refractivity contribution is 5.86. The highest BCUT2D eigenvalue weighted by Crippen LogP contribution is 1.91. The number of rotatable bonds is 5. The van der Waals surface area contributed by atoms with Gasteiger partial charge in [-0.1, -0.05) is 6.92 Å². The average molecular weight is 202 g/mol. The maximum Gasteiger partial charge on any atom is 0.242 e. The molecule has 5 heteroatoms. The molecular weight excluding hydrogens is 184 g/mol. The maximum atomic E-state index is 11.4. The summed E-state index contributed by atoms with van der Waals surface area (Å²) in [6.45, 7) is 4.73. The second-order valence-corrected chi connectivity index (χ2v) is 3.22. The van der Waals surface area contributed by atoms with Gasteiger partial charge in [-0.3, -0.25) is 9.59 Å². The number of hydrogen-bond acceptors (Lipinski definition) is 3. The SMILES string of the molecule is CC[C@@H](CO)NC(=O)C(C)NC(C)=O. The molecule has 0 spiro atoms. The minimum absolute atomic E-state index is 0.0883. The zero-order valence-corrected chi connectivity index (χ0v) is 8.83. The molecule has 0 aliphatic rings. The van der Waals surface area contributed by atoms with Crippen LogP contribution in [-0.4, -0.2) is 35.6 Å². The summed E-state index contributed by atoms with van der Waals surface area (Å²) < 4.78 is 0. The number of carbonyl (C=O) groups is 2. The number of hydrogen-bond donors (Lipinski definition) is 3. The molecule has 2 atom stereocenters. The Balaban J connectivity index is 3.99. The molecule has 0 bridgehead atoms. The van der Waals surface area contributed by atoms with Crippen LogP contribution in [0.2, 0.25) is 0 Å². The van der Waals surface area contributed by atoms with Crippen LogP contribution in [0.25, 0.3) is 0 Å². The van der Waals surface area contributed by atoms with Gasteiger partial charge >= 0.3 is 0 Å². The molecule has 5 nitrogen and oxygen atoms in total. The second kappa shape index (κ2) is 6.37. The van der Waals surface area contributed by atoms with Gasteiger partial charge in [0.15, 0.2) is 0 Å². The van der Waals surface area contributed by atoms with Crippen LogP contribution in [0.5, 0.6) is 0 Å². The summed E-state index contributed by atoms with van der Waals surface area (Å²) in [7, 11) is 0. The maximum absolute atomic E-state index is 11.4. The molecular formula is C9H18N2O3. The Morgan fingerprint density at radius 3 is 2.29 bits per heavy atom. The lowest BCUT2D eigenvalue weighted by Crippen LogP contribution is -2.48. The van der Waals surface area contributed by atoms with Crippen molar-refractivity contribution < 1.29 is 14.7 Å². The molecule has 0 rings (SSSR count). The van der Waals surface area contributed by atoms with Gasteiger partial charge in [0.1, 0.15) is 6.04 Å². The van der Waals surface area contributed by atoms with E-state index in [1.165, 1.54) is 6.92 Å². The van der Waals surface area contributed by atoms with Crippen LogP contribution in [0.1, 0.15) is 27.2 Å². The van der Waals surface area contributed by atoms with Gasteiger partial charge in [0.2, 0.25) is 11.8 Å². The van der Waals surface area contributed by atoms with Crippen molar-refractivity contribution >= 4 is 11.8 Å². The summed E-state index contributed by atoms with van der Waals surface area (Å²) in [5.74, 6) is -0.522. The Morgan fingerprint density at radius 1 is 1.36 bits per heavy atom. The van der Waals surface area contributed by atoms with Gasteiger partial charge in [0.25, 0.3) is 0 Å². The minimum Gasteiger partial charge on any atom is -0.394 e. The smallest absolute Gasteiger partial charge is 0.242 e. The van der Waals surface area contributed by atoms with Crippen molar-refractivity contribution in [3.63, 3.8) is 0 Å². The van der Waals surface area contributed by atoms with Gasteiger partial charge in [-0.25, -0.2) is 0 Å². The summed E-state index contributed by atoms with van der Waals surface area (Å²) >= 11 is 0. The predicted molar refractivity (Wildman–Crippen MR) is 52.6 cm³/mol. The van der Waals surface area contributed by atoms with Gasteiger partial charge in [-0.2, -0.15) is 0 Å². The molecule has 0 heterocycles. The van der Waals surface area contributed by atoms with Crippen LogP contribution in [0.15, 0.2) is 0 Å². The molecule has 14 heavy (non-hydrogen) atoms. The number of aliphatic hydroxyl groups is 1. The standard InChI is InChI=1S/C9H18N2O3/c1-4-8(5-12)11-9(14)6(2)10-7(3)13/h6,8,12H,4-5H2,1-3H3,(H,10,13)(H,11,14)/t6?,8-/m0/s1. The van der Waals surface area contributed by atoms with Crippen molar-refractivity contribution in [1.29, 1.82) is 0 Å². The summed E-state index contributed by atoms with van der Waals surface area (Å²) in [4.78, 5) is 22.0. The van der Waals surface area contributed by atoms with Crippen molar-refractivity contribution in [3.8, 4) is 0 Å². The molecule has 0 aromatic heterocycles. The van der Waals surface area contributed by atoms with E-state index in [4.69, 9.17) is 5.11 Å². The summed E-state index contributed by atoms with van der Waals surface area (Å²) in [5, 5.41) is 13.9. The lowest BCUT2D eigenvalue weighted by Gasteiger charge is -2.18.